The van der Waals surface area contributed by atoms with Crippen molar-refractivity contribution in [3.8, 4) is 0 Å². The van der Waals surface area contributed by atoms with Gasteiger partial charge in [0, 0.05) is 22.7 Å². The van der Waals surface area contributed by atoms with Crippen LogP contribution in [0.1, 0.15) is 24.1 Å². The molecule has 1 unspecified atom stereocenters. The fourth-order valence-electron chi connectivity index (χ4n) is 1.89. The number of carbonyl (C=O) groups excluding carboxylic acids is 1. The molecule has 2 aromatic rings. The molecule has 0 aromatic heterocycles. The molecule has 2 rings (SSSR count). The van der Waals surface area contributed by atoms with E-state index in [9.17, 15) is 4.79 Å². The third-order valence-corrected chi connectivity index (χ3v) is 3.84. The zero-order valence-electron chi connectivity index (χ0n) is 11.8. The van der Waals surface area contributed by atoms with E-state index in [-0.39, 0.29) is 12.1 Å². The van der Waals surface area contributed by atoms with Gasteiger partial charge in [0.2, 0.25) is 0 Å². The molecule has 0 saturated carbocycles. The lowest BCUT2D eigenvalue weighted by atomic mass is 10.1. The lowest BCUT2D eigenvalue weighted by molar-refractivity contribution is 0.251. The third-order valence-electron chi connectivity index (χ3n) is 3.07. The normalized spacial score (nSPS) is 11.8. The minimum Gasteiger partial charge on any atom is -0.334 e. The average Bonchev–Trinajstić information content (AvgIpc) is 2.46. The van der Waals surface area contributed by atoms with Crippen molar-refractivity contribution in [2.45, 2.75) is 19.5 Å². The molecule has 0 saturated heterocycles. The van der Waals surface area contributed by atoms with Crippen molar-refractivity contribution < 1.29 is 4.79 Å². The third kappa shape index (κ3) is 4.58. The van der Waals surface area contributed by atoms with Crippen molar-refractivity contribution in [3.63, 3.8) is 0 Å². The summed E-state index contributed by atoms with van der Waals surface area (Å²) in [6, 6.07) is 15.0. The van der Waals surface area contributed by atoms with Crippen LogP contribution in [0.2, 0.25) is 0 Å². The number of carbonyl (C=O) groups is 1. The maximum Gasteiger partial charge on any atom is 0.319 e. The van der Waals surface area contributed by atoms with Crippen molar-refractivity contribution in [3.05, 3.63) is 64.1 Å². The average molecular weight is 348 g/mol. The second-order valence-corrected chi connectivity index (χ2v) is 5.67. The SMILES string of the molecule is CC(N)c1cccc(NC(=O)NCc2ccccc2Br)c1. The summed E-state index contributed by atoms with van der Waals surface area (Å²) < 4.78 is 0.976. The molecule has 4 N–H and O–H groups in total. The number of anilines is 1. The van der Waals surface area contributed by atoms with E-state index in [2.05, 4.69) is 26.6 Å². The van der Waals surface area contributed by atoms with E-state index in [1.807, 2.05) is 55.5 Å². The Morgan fingerprint density at radius 2 is 2.00 bits per heavy atom. The summed E-state index contributed by atoms with van der Waals surface area (Å²) in [6.07, 6.45) is 0. The topological polar surface area (TPSA) is 67.1 Å². The van der Waals surface area contributed by atoms with Crippen molar-refractivity contribution in [2.24, 2.45) is 5.73 Å². The number of halogens is 1. The van der Waals surface area contributed by atoms with Gasteiger partial charge in [0.15, 0.2) is 0 Å². The first-order chi connectivity index (χ1) is 10.1. The number of hydrogen-bond donors (Lipinski definition) is 3. The molecule has 1 atom stereocenters. The molecule has 0 aliphatic rings. The van der Waals surface area contributed by atoms with Gasteiger partial charge in [0.05, 0.1) is 0 Å². The Kier molecular flexibility index (Phi) is 5.36. The molecule has 0 fully saturated rings. The number of amides is 2. The summed E-state index contributed by atoms with van der Waals surface area (Å²) in [4.78, 5) is 11.9. The molecular formula is C16H18BrN3O. The smallest absolute Gasteiger partial charge is 0.319 e. The standard InChI is InChI=1S/C16H18BrN3O/c1-11(18)12-6-4-7-14(9-12)20-16(21)19-10-13-5-2-3-8-15(13)17/h2-9,11H,10,18H2,1H3,(H2,19,20,21). The second kappa shape index (κ2) is 7.24. The van der Waals surface area contributed by atoms with Crippen LogP contribution in [0.3, 0.4) is 0 Å². The highest BCUT2D eigenvalue weighted by Gasteiger charge is 2.05. The van der Waals surface area contributed by atoms with Crippen LogP contribution in [0.15, 0.2) is 53.0 Å². The molecule has 4 nitrogen and oxygen atoms in total. The molecule has 0 aliphatic carbocycles. The quantitative estimate of drug-likeness (QED) is 0.787. The highest BCUT2D eigenvalue weighted by molar-refractivity contribution is 9.10. The van der Waals surface area contributed by atoms with Crippen LogP contribution >= 0.6 is 15.9 Å². The first kappa shape index (κ1) is 15.5. The Balaban J connectivity index is 1.93. The van der Waals surface area contributed by atoms with Crippen LogP contribution in [-0.4, -0.2) is 6.03 Å². The monoisotopic (exact) mass is 347 g/mol. The summed E-state index contributed by atoms with van der Waals surface area (Å²) >= 11 is 3.45. The van der Waals surface area contributed by atoms with E-state index in [0.717, 1.165) is 21.3 Å². The van der Waals surface area contributed by atoms with Gasteiger partial charge in [-0.3, -0.25) is 0 Å². The van der Waals surface area contributed by atoms with E-state index in [1.54, 1.807) is 0 Å². The molecule has 21 heavy (non-hydrogen) atoms. The van der Waals surface area contributed by atoms with Gasteiger partial charge >= 0.3 is 6.03 Å². The predicted octanol–water partition coefficient (Wildman–Crippen LogP) is 3.79. The fraction of sp³-hybridized carbons (Fsp3) is 0.188. The number of nitrogens with one attached hydrogen (secondary N) is 2. The molecule has 0 bridgehead atoms. The van der Waals surface area contributed by atoms with Gasteiger partial charge in [-0.05, 0) is 36.2 Å². The van der Waals surface area contributed by atoms with E-state index >= 15 is 0 Å². The van der Waals surface area contributed by atoms with E-state index in [1.165, 1.54) is 0 Å². The predicted molar refractivity (Wildman–Crippen MR) is 89.0 cm³/mol. The van der Waals surface area contributed by atoms with Crippen molar-refractivity contribution in [1.29, 1.82) is 0 Å². The Morgan fingerprint density at radius 1 is 1.24 bits per heavy atom. The summed E-state index contributed by atoms with van der Waals surface area (Å²) in [7, 11) is 0. The Bertz CT molecular complexity index is 628. The molecule has 0 radical (unpaired) electrons. The lowest BCUT2D eigenvalue weighted by Crippen LogP contribution is -2.28. The number of benzene rings is 2. The highest BCUT2D eigenvalue weighted by atomic mass is 79.9. The van der Waals surface area contributed by atoms with Crippen molar-refractivity contribution in [2.75, 3.05) is 5.32 Å². The van der Waals surface area contributed by atoms with E-state index in [0.29, 0.717) is 6.54 Å². The Hall–Kier alpha value is -1.85. The van der Waals surface area contributed by atoms with Crippen LogP contribution in [0.5, 0.6) is 0 Å². The fourth-order valence-corrected chi connectivity index (χ4v) is 2.32. The van der Waals surface area contributed by atoms with Gasteiger partial charge < -0.3 is 16.4 Å². The Morgan fingerprint density at radius 3 is 2.71 bits per heavy atom. The molecule has 2 amide bonds. The van der Waals surface area contributed by atoms with Gasteiger partial charge in [-0.25, -0.2) is 4.79 Å². The molecule has 110 valence electrons. The number of nitrogens with two attached hydrogens (primary N) is 1. The molecule has 0 spiro atoms. The molecule has 2 aromatic carbocycles. The maximum absolute atomic E-state index is 11.9. The van der Waals surface area contributed by atoms with Crippen molar-refractivity contribution >= 4 is 27.6 Å². The summed E-state index contributed by atoms with van der Waals surface area (Å²) in [6.45, 7) is 2.37. The number of rotatable bonds is 4. The van der Waals surface area contributed by atoms with E-state index < -0.39 is 0 Å². The summed E-state index contributed by atoms with van der Waals surface area (Å²) in [5.41, 5.74) is 8.57. The summed E-state index contributed by atoms with van der Waals surface area (Å²) in [5.74, 6) is 0. The maximum atomic E-state index is 11.9. The van der Waals surface area contributed by atoms with Gasteiger partial charge in [0.25, 0.3) is 0 Å². The molecule has 5 heteroatoms. The van der Waals surface area contributed by atoms with Gasteiger partial charge in [-0.2, -0.15) is 0 Å². The van der Waals surface area contributed by atoms with Crippen LogP contribution in [0, 0.1) is 0 Å². The number of urea groups is 1. The number of hydrogen-bond acceptors (Lipinski definition) is 2. The second-order valence-electron chi connectivity index (χ2n) is 4.81. The van der Waals surface area contributed by atoms with Gasteiger partial charge in [-0.15, -0.1) is 0 Å². The van der Waals surface area contributed by atoms with Crippen LogP contribution < -0.4 is 16.4 Å². The molecule has 0 heterocycles. The van der Waals surface area contributed by atoms with Crippen LogP contribution in [0.4, 0.5) is 10.5 Å². The van der Waals surface area contributed by atoms with Crippen molar-refractivity contribution in [1.82, 2.24) is 5.32 Å². The first-order valence-electron chi connectivity index (χ1n) is 6.70. The zero-order chi connectivity index (χ0) is 15.2. The Labute approximate surface area is 132 Å². The zero-order valence-corrected chi connectivity index (χ0v) is 13.4. The minimum atomic E-state index is -0.243. The minimum absolute atomic E-state index is 0.0601. The largest absolute Gasteiger partial charge is 0.334 e. The van der Waals surface area contributed by atoms with Crippen LogP contribution in [-0.2, 0) is 6.54 Å². The van der Waals surface area contributed by atoms with Crippen LogP contribution in [0.25, 0.3) is 0 Å². The highest BCUT2D eigenvalue weighted by Crippen LogP contribution is 2.17. The van der Waals surface area contributed by atoms with Gasteiger partial charge in [-0.1, -0.05) is 46.3 Å². The molecule has 0 aliphatic heterocycles. The summed E-state index contributed by atoms with van der Waals surface area (Å²) in [5, 5.41) is 5.63. The van der Waals surface area contributed by atoms with E-state index in [4.69, 9.17) is 5.73 Å². The molecular weight excluding hydrogens is 330 g/mol. The van der Waals surface area contributed by atoms with Gasteiger partial charge in [0.1, 0.15) is 0 Å². The first-order valence-corrected chi connectivity index (χ1v) is 7.49. The lowest BCUT2D eigenvalue weighted by Gasteiger charge is -2.11.